The topological polar surface area (TPSA) is 33.4 Å². The van der Waals surface area contributed by atoms with Gasteiger partial charge in [0.1, 0.15) is 5.82 Å². The summed E-state index contributed by atoms with van der Waals surface area (Å²) in [6, 6.07) is 10.5. The molecule has 2 aromatic heterocycles. The highest BCUT2D eigenvalue weighted by molar-refractivity contribution is 5.66. The molecule has 1 unspecified atom stereocenters. The van der Waals surface area contributed by atoms with E-state index in [9.17, 15) is 8.78 Å². The monoisotopic (exact) mass is 340 g/mol. The van der Waals surface area contributed by atoms with Crippen LogP contribution in [0, 0.1) is 12.8 Å². The Labute approximate surface area is 144 Å². The highest BCUT2D eigenvalue weighted by Crippen LogP contribution is 2.50. The van der Waals surface area contributed by atoms with Crippen LogP contribution in [-0.4, -0.2) is 20.5 Å². The average Bonchev–Trinajstić information content (AvgIpc) is 2.95. The molecule has 6 heteroatoms. The number of halogens is 2. The van der Waals surface area contributed by atoms with E-state index in [0.717, 1.165) is 30.0 Å². The number of nitrogens with zero attached hydrogens (tertiary/aromatic N) is 4. The number of hydrogen-bond acceptors (Lipinski definition) is 3. The highest BCUT2D eigenvalue weighted by Gasteiger charge is 2.56. The Kier molecular flexibility index (Phi) is 2.96. The third-order valence-corrected chi connectivity index (χ3v) is 5.43. The summed E-state index contributed by atoms with van der Waals surface area (Å²) in [5.74, 6) is -2.49. The van der Waals surface area contributed by atoms with Gasteiger partial charge in [0.05, 0.1) is 0 Å². The molecule has 1 saturated carbocycles. The lowest BCUT2D eigenvalue weighted by atomic mass is 10.1. The average molecular weight is 340 g/mol. The Balaban J connectivity index is 1.47. The van der Waals surface area contributed by atoms with Gasteiger partial charge in [-0.05, 0) is 24.1 Å². The van der Waals surface area contributed by atoms with Crippen LogP contribution in [0.3, 0.4) is 0 Å². The molecule has 1 aromatic carbocycles. The van der Waals surface area contributed by atoms with E-state index in [1.807, 2.05) is 23.6 Å². The molecule has 0 amide bonds. The molecule has 1 atom stereocenters. The molecule has 0 saturated heterocycles. The Morgan fingerprint density at radius 2 is 1.80 bits per heavy atom. The zero-order valence-electron chi connectivity index (χ0n) is 13.9. The number of fused-ring (bicyclic) bond motifs is 2. The second-order valence-electron chi connectivity index (χ2n) is 7.13. The summed E-state index contributed by atoms with van der Waals surface area (Å²) >= 11 is 0. The van der Waals surface area contributed by atoms with E-state index < -0.39 is 11.8 Å². The van der Waals surface area contributed by atoms with Crippen LogP contribution in [0.4, 0.5) is 14.5 Å². The van der Waals surface area contributed by atoms with Gasteiger partial charge in [-0.25, -0.2) is 8.78 Å². The molecule has 0 N–H and O–H groups in total. The van der Waals surface area contributed by atoms with Crippen LogP contribution in [0.1, 0.15) is 28.9 Å². The summed E-state index contributed by atoms with van der Waals surface area (Å²) in [5, 5.41) is 8.44. The summed E-state index contributed by atoms with van der Waals surface area (Å²) in [4.78, 5) is 2.32. The van der Waals surface area contributed by atoms with Gasteiger partial charge >= 0.3 is 0 Å². The van der Waals surface area contributed by atoms with Crippen LogP contribution in [-0.2, 0) is 19.5 Å². The first-order chi connectivity index (χ1) is 12.0. The number of hydrogen-bond donors (Lipinski definition) is 0. The van der Waals surface area contributed by atoms with Crippen molar-refractivity contribution in [2.75, 3.05) is 4.90 Å². The van der Waals surface area contributed by atoms with E-state index in [1.54, 1.807) is 0 Å². The predicted octanol–water partition coefficient (Wildman–Crippen LogP) is 3.76. The van der Waals surface area contributed by atoms with Gasteiger partial charge in [-0.1, -0.05) is 24.3 Å². The van der Waals surface area contributed by atoms with Gasteiger partial charge in [0.15, 0.2) is 5.65 Å². The number of alkyl halides is 2. The van der Waals surface area contributed by atoms with Crippen molar-refractivity contribution in [1.29, 1.82) is 0 Å². The van der Waals surface area contributed by atoms with E-state index in [0.29, 0.717) is 5.82 Å². The van der Waals surface area contributed by atoms with Crippen molar-refractivity contribution in [3.63, 3.8) is 0 Å². The van der Waals surface area contributed by atoms with E-state index in [2.05, 4.69) is 39.4 Å². The summed E-state index contributed by atoms with van der Waals surface area (Å²) in [5.41, 5.74) is 5.61. The molecule has 128 valence electrons. The van der Waals surface area contributed by atoms with Gasteiger partial charge in [-0.15, -0.1) is 10.2 Å². The van der Waals surface area contributed by atoms with Gasteiger partial charge in [0.25, 0.3) is 5.92 Å². The molecule has 1 aliphatic carbocycles. The standard InChI is InChI=1S/C19H18F2N4/c1-12-16(24-10-13-4-2-3-5-14(13)11-24)6-7-25-17(22-23-18(12)25)8-15-9-19(15,20)21/h2-7,15H,8-11H2,1H3. The third kappa shape index (κ3) is 2.31. The quantitative estimate of drug-likeness (QED) is 0.728. The van der Waals surface area contributed by atoms with Crippen molar-refractivity contribution in [3.05, 3.63) is 59.0 Å². The lowest BCUT2D eigenvalue weighted by Crippen LogP contribution is -2.16. The van der Waals surface area contributed by atoms with Crippen molar-refractivity contribution in [2.24, 2.45) is 5.92 Å². The second-order valence-corrected chi connectivity index (χ2v) is 7.13. The van der Waals surface area contributed by atoms with Crippen molar-refractivity contribution < 1.29 is 8.78 Å². The first-order valence-corrected chi connectivity index (χ1v) is 8.56. The number of aryl methyl sites for hydroxylation is 1. The van der Waals surface area contributed by atoms with Gasteiger partial charge in [-0.2, -0.15) is 0 Å². The number of benzene rings is 1. The van der Waals surface area contributed by atoms with Crippen molar-refractivity contribution in [2.45, 2.75) is 38.8 Å². The molecule has 0 spiro atoms. The first-order valence-electron chi connectivity index (χ1n) is 8.56. The van der Waals surface area contributed by atoms with Crippen molar-refractivity contribution in [1.82, 2.24) is 14.6 Å². The number of aromatic nitrogens is 3. The van der Waals surface area contributed by atoms with Gasteiger partial charge in [0, 0.05) is 49.3 Å². The van der Waals surface area contributed by atoms with Gasteiger partial charge in [0.2, 0.25) is 0 Å². The van der Waals surface area contributed by atoms with E-state index in [1.165, 1.54) is 11.1 Å². The molecule has 1 fully saturated rings. The molecule has 1 aliphatic heterocycles. The van der Waals surface area contributed by atoms with E-state index in [-0.39, 0.29) is 12.8 Å². The van der Waals surface area contributed by atoms with Crippen LogP contribution in [0.15, 0.2) is 36.5 Å². The lowest BCUT2D eigenvalue weighted by molar-refractivity contribution is 0.0984. The maximum Gasteiger partial charge on any atom is 0.252 e. The second kappa shape index (κ2) is 5.00. The lowest BCUT2D eigenvalue weighted by Gasteiger charge is -2.20. The summed E-state index contributed by atoms with van der Waals surface area (Å²) in [6.45, 7) is 3.78. The summed E-state index contributed by atoms with van der Waals surface area (Å²) < 4.78 is 28.3. The smallest absolute Gasteiger partial charge is 0.252 e. The maximum atomic E-state index is 13.2. The molecule has 3 aromatic rings. The van der Waals surface area contributed by atoms with Crippen LogP contribution in [0.5, 0.6) is 0 Å². The Hall–Kier alpha value is -2.50. The molecular weight excluding hydrogens is 322 g/mol. The Morgan fingerprint density at radius 1 is 1.12 bits per heavy atom. The van der Waals surface area contributed by atoms with Crippen LogP contribution in [0.25, 0.3) is 5.65 Å². The molecule has 4 nitrogen and oxygen atoms in total. The molecule has 3 heterocycles. The van der Waals surface area contributed by atoms with E-state index >= 15 is 0 Å². The number of rotatable bonds is 3. The zero-order chi connectivity index (χ0) is 17.2. The molecular formula is C19H18F2N4. The third-order valence-electron chi connectivity index (χ3n) is 5.43. The normalized spacial score (nSPS) is 20.9. The fourth-order valence-corrected chi connectivity index (χ4v) is 3.82. The minimum atomic E-state index is -2.53. The van der Waals surface area contributed by atoms with E-state index in [4.69, 9.17) is 0 Å². The molecule has 5 rings (SSSR count). The minimum Gasteiger partial charge on any atom is -0.362 e. The number of anilines is 1. The molecule has 2 aliphatic rings. The first kappa shape index (κ1) is 14.8. The van der Waals surface area contributed by atoms with Gasteiger partial charge in [-0.3, -0.25) is 4.40 Å². The van der Waals surface area contributed by atoms with Crippen LogP contribution in [0.2, 0.25) is 0 Å². The van der Waals surface area contributed by atoms with Gasteiger partial charge < -0.3 is 4.90 Å². The Bertz CT molecular complexity index is 954. The minimum absolute atomic E-state index is 0.0367. The van der Waals surface area contributed by atoms with Crippen molar-refractivity contribution in [3.8, 4) is 0 Å². The molecule has 0 radical (unpaired) electrons. The fraction of sp³-hybridized carbons (Fsp3) is 0.368. The zero-order valence-corrected chi connectivity index (χ0v) is 13.9. The van der Waals surface area contributed by atoms with Crippen LogP contribution < -0.4 is 4.90 Å². The highest BCUT2D eigenvalue weighted by atomic mass is 19.3. The largest absolute Gasteiger partial charge is 0.362 e. The SMILES string of the molecule is Cc1c(N2Cc3ccccc3C2)ccn2c(CC3CC3(F)F)nnc12. The molecule has 0 bridgehead atoms. The van der Waals surface area contributed by atoms with Crippen molar-refractivity contribution >= 4 is 11.3 Å². The Morgan fingerprint density at radius 3 is 2.44 bits per heavy atom. The summed E-state index contributed by atoms with van der Waals surface area (Å²) in [7, 11) is 0. The number of pyridine rings is 1. The maximum absolute atomic E-state index is 13.2. The van der Waals surface area contributed by atoms with Crippen LogP contribution >= 0.6 is 0 Å². The predicted molar refractivity (Wildman–Crippen MR) is 90.8 cm³/mol. The fourth-order valence-electron chi connectivity index (χ4n) is 3.82. The summed E-state index contributed by atoms with van der Waals surface area (Å²) in [6.07, 6.45) is 2.16. The molecule has 25 heavy (non-hydrogen) atoms.